The zero-order valence-corrected chi connectivity index (χ0v) is 23.9. The van der Waals surface area contributed by atoms with E-state index in [1.807, 2.05) is 53.6 Å². The highest BCUT2D eigenvalue weighted by Crippen LogP contribution is 2.42. The summed E-state index contributed by atoms with van der Waals surface area (Å²) in [6.07, 6.45) is 2.87. The molecule has 7 nitrogen and oxygen atoms in total. The largest absolute Gasteiger partial charge is 0.493 e. The minimum atomic E-state index is -0.952. The van der Waals surface area contributed by atoms with Crippen LogP contribution in [0.1, 0.15) is 46.7 Å². The number of carboxylic acid groups (broad SMARTS) is 1. The van der Waals surface area contributed by atoms with Crippen LogP contribution in [-0.2, 0) is 26.6 Å². The topological polar surface area (TPSA) is 81.3 Å². The number of aryl methyl sites for hydroxylation is 3. The van der Waals surface area contributed by atoms with Crippen molar-refractivity contribution in [1.29, 1.82) is 0 Å². The van der Waals surface area contributed by atoms with E-state index in [9.17, 15) is 14.3 Å². The Balaban J connectivity index is 1.41. The van der Waals surface area contributed by atoms with E-state index in [1.165, 1.54) is 12.1 Å². The van der Waals surface area contributed by atoms with Gasteiger partial charge >= 0.3 is 5.97 Å². The predicted octanol–water partition coefficient (Wildman–Crippen LogP) is 6.89. The van der Waals surface area contributed by atoms with Crippen LogP contribution in [0.25, 0.3) is 32.8 Å². The van der Waals surface area contributed by atoms with Gasteiger partial charge < -0.3 is 19.7 Å². The summed E-state index contributed by atoms with van der Waals surface area (Å²) in [6, 6.07) is 14.0. The maximum Gasteiger partial charge on any atom is 0.352 e. The average Bonchev–Trinajstić information content (AvgIpc) is 3.40. The van der Waals surface area contributed by atoms with Crippen LogP contribution in [0.3, 0.4) is 0 Å². The molecule has 0 amide bonds. The van der Waals surface area contributed by atoms with Crippen molar-refractivity contribution in [2.75, 3.05) is 13.2 Å². The van der Waals surface area contributed by atoms with Gasteiger partial charge in [0.2, 0.25) is 0 Å². The normalized spacial score (nSPS) is 13.8. The monoisotopic (exact) mass is 574 g/mol. The van der Waals surface area contributed by atoms with E-state index in [-0.39, 0.29) is 5.82 Å². The summed E-state index contributed by atoms with van der Waals surface area (Å²) >= 11 is 6.91. The fourth-order valence-electron chi connectivity index (χ4n) is 6.09. The molecule has 0 bridgehead atoms. The van der Waals surface area contributed by atoms with Crippen LogP contribution in [-0.4, -0.2) is 38.6 Å². The van der Waals surface area contributed by atoms with Crippen molar-refractivity contribution in [1.82, 2.24) is 19.7 Å². The van der Waals surface area contributed by atoms with Crippen LogP contribution >= 0.6 is 11.6 Å². The summed E-state index contributed by atoms with van der Waals surface area (Å²) in [4.78, 5) is 12.8. The molecule has 41 heavy (non-hydrogen) atoms. The summed E-state index contributed by atoms with van der Waals surface area (Å²) in [5.41, 5.74) is 5.60. The lowest BCUT2D eigenvalue weighted by molar-refractivity contribution is 0.0684. The van der Waals surface area contributed by atoms with Gasteiger partial charge in [-0.25, -0.2) is 9.18 Å². The van der Waals surface area contributed by atoms with Gasteiger partial charge in [-0.05, 0) is 80.4 Å². The van der Waals surface area contributed by atoms with E-state index in [2.05, 4.69) is 5.32 Å². The smallest absolute Gasteiger partial charge is 0.352 e. The second-order valence-corrected chi connectivity index (χ2v) is 11.0. The standard InChI is InChI=1S/C32H32ClFN4O3/c1-19-28-26(36-37(19)2)18-35-14-3-4-15-38-30-24(12-13-25(33)29(28)30)23(31(38)32(39)40)8-6-16-41-27-9-5-7-20-17-21(34)10-11-22(20)27/h5,7,9-13,17,35H,3-4,6,8,14-16,18H2,1-2H3,(H,39,40). The summed E-state index contributed by atoms with van der Waals surface area (Å²) in [6.45, 7) is 4.41. The number of hydrogen-bond donors (Lipinski definition) is 2. The molecular weight excluding hydrogens is 543 g/mol. The predicted molar refractivity (Wildman–Crippen MR) is 160 cm³/mol. The van der Waals surface area contributed by atoms with Crippen LogP contribution in [0.5, 0.6) is 5.75 Å². The van der Waals surface area contributed by atoms with Gasteiger partial charge in [-0.1, -0.05) is 29.8 Å². The van der Waals surface area contributed by atoms with Crippen molar-refractivity contribution in [3.63, 3.8) is 0 Å². The molecule has 0 atom stereocenters. The molecule has 2 N–H and O–H groups in total. The average molecular weight is 575 g/mol. The third kappa shape index (κ3) is 4.96. The van der Waals surface area contributed by atoms with E-state index >= 15 is 0 Å². The number of carboxylic acids is 1. The molecule has 0 saturated heterocycles. The van der Waals surface area contributed by atoms with Crippen molar-refractivity contribution >= 4 is 39.2 Å². The lowest BCUT2D eigenvalue weighted by Gasteiger charge is -2.13. The Morgan fingerprint density at radius 1 is 1.15 bits per heavy atom. The molecular formula is C32H32ClFN4O3. The Hall–Kier alpha value is -3.88. The molecule has 0 spiro atoms. The highest BCUT2D eigenvalue weighted by molar-refractivity contribution is 6.35. The highest BCUT2D eigenvalue weighted by Gasteiger charge is 2.28. The SMILES string of the molecule is Cc1c2c(nn1C)CNCCCCn1c(C(=O)O)c(CCCOc3cccc4cc(F)ccc34)c3ccc(Cl)c-2c31. The van der Waals surface area contributed by atoms with Gasteiger partial charge in [0, 0.05) is 47.7 Å². The minimum Gasteiger partial charge on any atom is -0.493 e. The molecule has 9 heteroatoms. The highest BCUT2D eigenvalue weighted by atomic mass is 35.5. The molecule has 212 valence electrons. The molecule has 0 fully saturated rings. The van der Waals surface area contributed by atoms with Crippen molar-refractivity contribution in [3.8, 4) is 16.9 Å². The Morgan fingerprint density at radius 3 is 2.80 bits per heavy atom. The molecule has 0 radical (unpaired) electrons. The molecule has 5 aromatic rings. The molecule has 0 saturated carbocycles. The zero-order chi connectivity index (χ0) is 28.7. The number of nitrogens with one attached hydrogen (secondary N) is 1. The first-order valence-electron chi connectivity index (χ1n) is 14.0. The molecule has 3 aromatic carbocycles. The Kier molecular flexibility index (Phi) is 7.45. The van der Waals surface area contributed by atoms with Crippen LogP contribution in [0.15, 0.2) is 48.5 Å². The van der Waals surface area contributed by atoms with Crippen molar-refractivity contribution in [3.05, 3.63) is 82.0 Å². The molecule has 1 aliphatic heterocycles. The Morgan fingerprint density at radius 2 is 1.98 bits per heavy atom. The van der Waals surface area contributed by atoms with Crippen LogP contribution in [0.4, 0.5) is 4.39 Å². The first kappa shape index (κ1) is 27.3. The molecule has 6 rings (SSSR count). The number of aromatic carboxylic acids is 1. The number of aromatic nitrogens is 3. The van der Waals surface area contributed by atoms with Gasteiger partial charge in [0.05, 0.1) is 22.8 Å². The van der Waals surface area contributed by atoms with E-state index in [0.29, 0.717) is 49.0 Å². The fourth-order valence-corrected chi connectivity index (χ4v) is 6.33. The second-order valence-electron chi connectivity index (χ2n) is 10.6. The van der Waals surface area contributed by atoms with Crippen LogP contribution in [0.2, 0.25) is 5.02 Å². The van der Waals surface area contributed by atoms with Crippen molar-refractivity contribution in [2.24, 2.45) is 7.05 Å². The minimum absolute atomic E-state index is 0.289. The number of benzene rings is 3. The molecule has 0 aliphatic carbocycles. The molecule has 1 aliphatic rings. The van der Waals surface area contributed by atoms with E-state index in [1.54, 1.807) is 6.07 Å². The molecule has 2 aromatic heterocycles. The first-order valence-corrected chi connectivity index (χ1v) is 14.3. The molecule has 3 heterocycles. The second kappa shape index (κ2) is 11.2. The van der Waals surface area contributed by atoms with Gasteiger partial charge in [0.1, 0.15) is 17.3 Å². The van der Waals surface area contributed by atoms with Crippen LogP contribution in [0, 0.1) is 12.7 Å². The maximum absolute atomic E-state index is 13.7. The summed E-state index contributed by atoms with van der Waals surface area (Å²) in [7, 11) is 1.92. The van der Waals surface area contributed by atoms with Gasteiger partial charge in [-0.2, -0.15) is 5.10 Å². The number of halogens is 2. The quantitative estimate of drug-likeness (QED) is 0.216. The van der Waals surface area contributed by atoms with Crippen LogP contribution < -0.4 is 10.1 Å². The lowest BCUT2D eigenvalue weighted by Crippen LogP contribution is -2.16. The van der Waals surface area contributed by atoms with Crippen molar-refractivity contribution in [2.45, 2.75) is 45.7 Å². The van der Waals surface area contributed by atoms with E-state index in [4.69, 9.17) is 21.4 Å². The number of nitrogens with zero attached hydrogens (tertiary/aromatic N) is 3. The fraction of sp³-hybridized carbons (Fsp3) is 0.312. The third-order valence-electron chi connectivity index (χ3n) is 8.05. The summed E-state index contributed by atoms with van der Waals surface area (Å²) in [5, 5.41) is 21.8. The molecule has 0 unspecified atom stereocenters. The summed E-state index contributed by atoms with van der Waals surface area (Å²) in [5.74, 6) is -0.561. The number of hydrogen-bond acceptors (Lipinski definition) is 4. The van der Waals surface area contributed by atoms with Gasteiger partial charge in [0.25, 0.3) is 0 Å². The van der Waals surface area contributed by atoms with E-state index in [0.717, 1.165) is 69.1 Å². The maximum atomic E-state index is 13.7. The van der Waals surface area contributed by atoms with Gasteiger partial charge in [-0.15, -0.1) is 0 Å². The summed E-state index contributed by atoms with van der Waals surface area (Å²) < 4.78 is 23.6. The van der Waals surface area contributed by atoms with E-state index < -0.39 is 5.97 Å². The number of rotatable bonds is 6. The third-order valence-corrected chi connectivity index (χ3v) is 8.36. The Labute approximate surface area is 242 Å². The number of carbonyl (C=O) groups is 1. The number of ether oxygens (including phenoxy) is 1. The van der Waals surface area contributed by atoms with Gasteiger partial charge in [-0.3, -0.25) is 4.68 Å². The van der Waals surface area contributed by atoms with Crippen molar-refractivity contribution < 1.29 is 19.0 Å². The Bertz CT molecular complexity index is 1790. The van der Waals surface area contributed by atoms with Gasteiger partial charge in [0.15, 0.2) is 0 Å². The number of fused-ring (bicyclic) bond motifs is 3. The lowest BCUT2D eigenvalue weighted by atomic mass is 9.98. The first-order chi connectivity index (χ1) is 19.8. The zero-order valence-electron chi connectivity index (χ0n) is 23.1.